The molecule has 0 radical (unpaired) electrons. The third kappa shape index (κ3) is 3.23. The van der Waals surface area contributed by atoms with Gasteiger partial charge in [-0.15, -0.1) is 0 Å². The predicted octanol–water partition coefficient (Wildman–Crippen LogP) is 1.62. The van der Waals surface area contributed by atoms with Crippen LogP contribution in [0.15, 0.2) is 6.20 Å². The molecular weight excluding hydrogens is 188 g/mol. The fourth-order valence-corrected chi connectivity index (χ4v) is 2.02. The van der Waals surface area contributed by atoms with Gasteiger partial charge in [0.1, 0.15) is 0 Å². The zero-order valence-electron chi connectivity index (χ0n) is 9.42. The number of likely N-dealkylation sites (tertiary alicyclic amines) is 1. The highest BCUT2D eigenvalue weighted by molar-refractivity contribution is 5.25. The second kappa shape index (κ2) is 5.16. The lowest BCUT2D eigenvalue weighted by Crippen LogP contribution is -2.22. The first-order valence-corrected chi connectivity index (χ1v) is 5.82. The number of nitrogens with one attached hydrogen (secondary N) is 2. The van der Waals surface area contributed by atoms with Gasteiger partial charge in [0, 0.05) is 18.4 Å². The molecule has 0 amide bonds. The lowest BCUT2D eigenvalue weighted by atomic mass is 10.4. The van der Waals surface area contributed by atoms with Crippen molar-refractivity contribution in [3.8, 4) is 0 Å². The Bertz CT molecular complexity index is 289. The highest BCUT2D eigenvalue weighted by Crippen LogP contribution is 2.07. The van der Waals surface area contributed by atoms with Gasteiger partial charge in [-0.25, -0.2) is 4.98 Å². The van der Waals surface area contributed by atoms with Gasteiger partial charge in [-0.2, -0.15) is 0 Å². The zero-order chi connectivity index (χ0) is 10.5. The first kappa shape index (κ1) is 10.5. The van der Waals surface area contributed by atoms with Gasteiger partial charge in [0.25, 0.3) is 0 Å². The number of hydrogen-bond donors (Lipinski definition) is 2. The molecule has 0 aliphatic carbocycles. The third-order valence-corrected chi connectivity index (χ3v) is 2.85. The van der Waals surface area contributed by atoms with Gasteiger partial charge in [0.05, 0.1) is 0 Å². The smallest absolute Gasteiger partial charge is 0.200 e. The lowest BCUT2D eigenvalue weighted by molar-refractivity contribution is 0.337. The number of nitrogens with zero attached hydrogens (tertiary/aromatic N) is 2. The quantitative estimate of drug-likeness (QED) is 0.723. The van der Waals surface area contributed by atoms with Crippen molar-refractivity contribution in [3.05, 3.63) is 11.9 Å². The summed E-state index contributed by atoms with van der Waals surface area (Å²) in [6.45, 7) is 6.82. The number of aryl methyl sites for hydroxylation is 1. The van der Waals surface area contributed by atoms with Crippen molar-refractivity contribution in [3.63, 3.8) is 0 Å². The standard InChI is InChI=1S/C11H20N4/c1-10-9-13-11(14-10)12-5-4-8-15-6-2-3-7-15/h9H,2-8H2,1H3,(H2,12,13,14). The molecule has 0 unspecified atom stereocenters. The Balaban J connectivity index is 1.58. The van der Waals surface area contributed by atoms with Gasteiger partial charge >= 0.3 is 0 Å². The van der Waals surface area contributed by atoms with Crippen molar-refractivity contribution in [2.45, 2.75) is 26.2 Å². The van der Waals surface area contributed by atoms with Crippen LogP contribution in [-0.2, 0) is 0 Å². The molecule has 1 aromatic heterocycles. The fraction of sp³-hybridized carbons (Fsp3) is 0.727. The van der Waals surface area contributed by atoms with E-state index in [9.17, 15) is 0 Å². The van der Waals surface area contributed by atoms with Crippen molar-refractivity contribution < 1.29 is 0 Å². The van der Waals surface area contributed by atoms with E-state index < -0.39 is 0 Å². The molecular formula is C11H20N4. The highest BCUT2D eigenvalue weighted by Gasteiger charge is 2.09. The highest BCUT2D eigenvalue weighted by atomic mass is 15.1. The van der Waals surface area contributed by atoms with Gasteiger partial charge in [0.2, 0.25) is 0 Å². The molecule has 15 heavy (non-hydrogen) atoms. The number of anilines is 1. The van der Waals surface area contributed by atoms with E-state index in [0.29, 0.717) is 0 Å². The molecule has 1 saturated heterocycles. The molecule has 0 saturated carbocycles. The van der Waals surface area contributed by atoms with E-state index >= 15 is 0 Å². The number of aromatic nitrogens is 2. The Morgan fingerprint density at radius 1 is 1.47 bits per heavy atom. The van der Waals surface area contributed by atoms with E-state index in [2.05, 4.69) is 20.2 Å². The van der Waals surface area contributed by atoms with E-state index in [0.717, 1.165) is 18.2 Å². The number of hydrogen-bond acceptors (Lipinski definition) is 3. The molecule has 1 aliphatic heterocycles. The van der Waals surface area contributed by atoms with E-state index in [1.54, 1.807) is 0 Å². The summed E-state index contributed by atoms with van der Waals surface area (Å²) in [5.74, 6) is 0.897. The summed E-state index contributed by atoms with van der Waals surface area (Å²) < 4.78 is 0. The first-order chi connectivity index (χ1) is 7.34. The van der Waals surface area contributed by atoms with Crippen LogP contribution in [0.2, 0.25) is 0 Å². The van der Waals surface area contributed by atoms with Crippen LogP contribution in [0.3, 0.4) is 0 Å². The number of rotatable bonds is 5. The van der Waals surface area contributed by atoms with Crippen LogP contribution in [0.25, 0.3) is 0 Å². The van der Waals surface area contributed by atoms with Crippen molar-refractivity contribution in [2.24, 2.45) is 0 Å². The van der Waals surface area contributed by atoms with Crippen LogP contribution >= 0.6 is 0 Å². The number of aromatic amines is 1. The molecule has 1 fully saturated rings. The molecule has 2 heterocycles. The van der Waals surface area contributed by atoms with Gasteiger partial charge in [-0.05, 0) is 45.8 Å². The molecule has 0 atom stereocenters. The summed E-state index contributed by atoms with van der Waals surface area (Å²) in [7, 11) is 0. The maximum atomic E-state index is 4.20. The van der Waals surface area contributed by atoms with Crippen molar-refractivity contribution in [2.75, 3.05) is 31.5 Å². The van der Waals surface area contributed by atoms with Crippen molar-refractivity contribution in [1.82, 2.24) is 14.9 Å². The topological polar surface area (TPSA) is 44.0 Å². The molecule has 0 aromatic carbocycles. The Hall–Kier alpha value is -1.03. The maximum absolute atomic E-state index is 4.20. The monoisotopic (exact) mass is 208 g/mol. The van der Waals surface area contributed by atoms with Gasteiger partial charge < -0.3 is 15.2 Å². The zero-order valence-corrected chi connectivity index (χ0v) is 9.42. The molecule has 84 valence electrons. The summed E-state index contributed by atoms with van der Waals surface area (Å²) in [5, 5.41) is 3.30. The Kier molecular flexibility index (Phi) is 3.61. The number of imidazole rings is 1. The normalized spacial score (nSPS) is 17.1. The average Bonchev–Trinajstić information content (AvgIpc) is 2.84. The minimum absolute atomic E-state index is 0.897. The van der Waals surface area contributed by atoms with E-state index in [1.165, 1.54) is 38.9 Å². The fourth-order valence-electron chi connectivity index (χ4n) is 2.02. The third-order valence-electron chi connectivity index (χ3n) is 2.85. The molecule has 1 aromatic rings. The van der Waals surface area contributed by atoms with Crippen LogP contribution in [0.1, 0.15) is 25.0 Å². The van der Waals surface area contributed by atoms with Crippen molar-refractivity contribution in [1.29, 1.82) is 0 Å². The Morgan fingerprint density at radius 2 is 2.27 bits per heavy atom. The van der Waals surface area contributed by atoms with E-state index in [4.69, 9.17) is 0 Å². The minimum Gasteiger partial charge on any atom is -0.356 e. The largest absolute Gasteiger partial charge is 0.356 e. The average molecular weight is 208 g/mol. The summed E-state index contributed by atoms with van der Waals surface area (Å²) in [4.78, 5) is 9.91. The van der Waals surface area contributed by atoms with E-state index in [-0.39, 0.29) is 0 Å². The van der Waals surface area contributed by atoms with Crippen LogP contribution in [0.4, 0.5) is 5.95 Å². The van der Waals surface area contributed by atoms with Gasteiger partial charge in [-0.1, -0.05) is 0 Å². The molecule has 4 nitrogen and oxygen atoms in total. The molecule has 2 N–H and O–H groups in total. The molecule has 1 aliphatic rings. The second-order valence-corrected chi connectivity index (χ2v) is 4.24. The molecule has 4 heteroatoms. The van der Waals surface area contributed by atoms with Crippen LogP contribution in [0, 0.1) is 6.92 Å². The Labute approximate surface area is 91.1 Å². The summed E-state index contributed by atoms with van der Waals surface area (Å²) in [6.07, 6.45) is 5.80. The minimum atomic E-state index is 0.897. The molecule has 2 rings (SSSR count). The Morgan fingerprint density at radius 3 is 2.93 bits per heavy atom. The number of H-pyrrole nitrogens is 1. The van der Waals surface area contributed by atoms with Gasteiger partial charge in [0.15, 0.2) is 5.95 Å². The van der Waals surface area contributed by atoms with Crippen LogP contribution < -0.4 is 5.32 Å². The van der Waals surface area contributed by atoms with E-state index in [1.807, 2.05) is 13.1 Å². The van der Waals surface area contributed by atoms with Crippen LogP contribution in [-0.4, -0.2) is 41.0 Å². The molecule has 0 spiro atoms. The second-order valence-electron chi connectivity index (χ2n) is 4.24. The van der Waals surface area contributed by atoms with Crippen molar-refractivity contribution >= 4 is 5.95 Å². The predicted molar refractivity (Wildman–Crippen MR) is 62.1 cm³/mol. The molecule has 0 bridgehead atoms. The lowest BCUT2D eigenvalue weighted by Gasteiger charge is -2.13. The maximum Gasteiger partial charge on any atom is 0.200 e. The summed E-state index contributed by atoms with van der Waals surface area (Å²) in [5.41, 5.74) is 1.11. The summed E-state index contributed by atoms with van der Waals surface area (Å²) >= 11 is 0. The first-order valence-electron chi connectivity index (χ1n) is 5.82. The van der Waals surface area contributed by atoms with Crippen LogP contribution in [0.5, 0.6) is 0 Å². The van der Waals surface area contributed by atoms with Gasteiger partial charge in [-0.3, -0.25) is 0 Å². The SMILES string of the molecule is Cc1cnc(NCCCN2CCCC2)[nH]1. The summed E-state index contributed by atoms with van der Waals surface area (Å²) in [6, 6.07) is 0.